The number of β-amino-alcohol motifs (C(OH)–C–C–N with tert-alkyl or cyclic N) is 1. The lowest BCUT2D eigenvalue weighted by Crippen LogP contribution is -2.48. The van der Waals surface area contributed by atoms with Gasteiger partial charge in [-0.3, -0.25) is 9.69 Å². The lowest BCUT2D eigenvalue weighted by atomic mass is 9.91. The van der Waals surface area contributed by atoms with E-state index in [1.165, 1.54) is 18.5 Å². The number of amides is 1. The summed E-state index contributed by atoms with van der Waals surface area (Å²) in [6.45, 7) is 1.47. The van der Waals surface area contributed by atoms with Gasteiger partial charge in [0.2, 0.25) is 11.7 Å². The third kappa shape index (κ3) is 6.22. The molecule has 1 aromatic carbocycles. The first-order valence-corrected chi connectivity index (χ1v) is 12.0. The second kappa shape index (κ2) is 11.0. The lowest BCUT2D eigenvalue weighted by molar-refractivity contribution is -0.137. The number of hydrogen-bond acceptors (Lipinski definition) is 7. The number of carbonyl (C=O) groups excluding carboxylic acids is 1. The summed E-state index contributed by atoms with van der Waals surface area (Å²) < 4.78 is 54.3. The number of anilines is 2. The van der Waals surface area contributed by atoms with Crippen molar-refractivity contribution in [2.45, 2.75) is 50.6 Å². The van der Waals surface area contributed by atoms with E-state index in [-0.39, 0.29) is 43.2 Å². The Morgan fingerprint density at radius 3 is 2.50 bits per heavy atom. The Morgan fingerprint density at radius 1 is 1.19 bits per heavy atom. The first kappa shape index (κ1) is 26.1. The number of nitrogens with zero attached hydrogens (tertiary/aromatic N) is 4. The highest BCUT2D eigenvalue weighted by Gasteiger charge is 2.32. The normalized spacial score (nSPS) is 21.1. The summed E-state index contributed by atoms with van der Waals surface area (Å²) in [4.78, 5) is 22.9. The monoisotopic (exact) mass is 510 g/mol. The summed E-state index contributed by atoms with van der Waals surface area (Å²) >= 11 is 0. The zero-order valence-electron chi connectivity index (χ0n) is 19.7. The van der Waals surface area contributed by atoms with Crippen molar-refractivity contribution in [3.8, 4) is 0 Å². The summed E-state index contributed by atoms with van der Waals surface area (Å²) in [7, 11) is 0. The summed E-state index contributed by atoms with van der Waals surface area (Å²) in [5, 5.41) is 13.4. The van der Waals surface area contributed by atoms with Crippen LogP contribution in [-0.2, 0) is 17.5 Å². The van der Waals surface area contributed by atoms with Gasteiger partial charge in [-0.2, -0.15) is 17.6 Å². The number of aromatic nitrogens is 2. The number of piperidine rings is 1. The molecule has 36 heavy (non-hydrogen) atoms. The van der Waals surface area contributed by atoms with Crippen LogP contribution in [-0.4, -0.2) is 64.2 Å². The molecule has 1 aliphatic carbocycles. The van der Waals surface area contributed by atoms with Crippen molar-refractivity contribution in [2.75, 3.05) is 36.4 Å². The van der Waals surface area contributed by atoms with Gasteiger partial charge in [0.25, 0.3) is 0 Å². The molecule has 1 saturated heterocycles. The van der Waals surface area contributed by atoms with Crippen LogP contribution in [0.5, 0.6) is 0 Å². The molecule has 1 amide bonds. The molecule has 0 spiro atoms. The van der Waals surface area contributed by atoms with E-state index in [2.05, 4.69) is 15.3 Å². The van der Waals surface area contributed by atoms with Gasteiger partial charge in [0.05, 0.1) is 18.2 Å². The molecule has 4 rings (SSSR count). The van der Waals surface area contributed by atoms with Crippen LogP contribution in [0, 0.1) is 11.7 Å². The van der Waals surface area contributed by atoms with Gasteiger partial charge in [0, 0.05) is 31.6 Å². The Balaban J connectivity index is 1.45. The number of halogens is 4. The van der Waals surface area contributed by atoms with E-state index in [1.54, 1.807) is 9.80 Å². The molecule has 0 bridgehead atoms. The molecule has 2 aliphatic rings. The SMILES string of the molecule is NC(=O)CN1CC[C@H](CNc2ncnc(N(Cc3ccc(C(F)(F)F)cc3)C3CCC3)c2F)[C@@H](O)C1. The second-order valence-corrected chi connectivity index (χ2v) is 9.47. The predicted molar refractivity (Wildman–Crippen MR) is 125 cm³/mol. The van der Waals surface area contributed by atoms with Crippen LogP contribution >= 0.6 is 0 Å². The molecular weight excluding hydrogens is 480 g/mol. The van der Waals surface area contributed by atoms with Crippen molar-refractivity contribution in [1.82, 2.24) is 14.9 Å². The maximum atomic E-state index is 15.5. The molecule has 0 unspecified atom stereocenters. The van der Waals surface area contributed by atoms with Gasteiger partial charge in [-0.15, -0.1) is 0 Å². The number of aliphatic hydroxyl groups is 1. The molecule has 1 aliphatic heterocycles. The van der Waals surface area contributed by atoms with E-state index in [9.17, 15) is 23.1 Å². The highest BCUT2D eigenvalue weighted by atomic mass is 19.4. The van der Waals surface area contributed by atoms with Gasteiger partial charge >= 0.3 is 6.18 Å². The van der Waals surface area contributed by atoms with E-state index >= 15 is 4.39 Å². The number of benzene rings is 1. The second-order valence-electron chi connectivity index (χ2n) is 9.47. The number of primary amides is 1. The highest BCUT2D eigenvalue weighted by molar-refractivity contribution is 5.75. The Labute approximate surface area is 206 Å². The average molecular weight is 511 g/mol. The van der Waals surface area contributed by atoms with Gasteiger partial charge in [-0.25, -0.2) is 9.97 Å². The molecule has 4 N–H and O–H groups in total. The molecule has 0 radical (unpaired) electrons. The number of alkyl halides is 3. The Bertz CT molecular complexity index is 1050. The van der Waals surface area contributed by atoms with Crippen LogP contribution < -0.4 is 16.0 Å². The van der Waals surface area contributed by atoms with E-state index in [4.69, 9.17) is 5.73 Å². The zero-order chi connectivity index (χ0) is 25.9. The molecule has 2 heterocycles. The van der Waals surface area contributed by atoms with Crippen molar-refractivity contribution < 1.29 is 27.5 Å². The minimum absolute atomic E-state index is 0.00325. The number of nitrogens with one attached hydrogen (secondary N) is 1. The first-order valence-electron chi connectivity index (χ1n) is 12.0. The molecule has 1 aromatic heterocycles. The molecule has 2 atom stereocenters. The third-order valence-corrected chi connectivity index (χ3v) is 6.91. The Hall–Kier alpha value is -2.99. The largest absolute Gasteiger partial charge is 0.416 e. The zero-order valence-corrected chi connectivity index (χ0v) is 19.7. The fourth-order valence-electron chi connectivity index (χ4n) is 4.63. The molecular formula is C24H30F4N6O2. The third-order valence-electron chi connectivity index (χ3n) is 6.91. The van der Waals surface area contributed by atoms with Crippen molar-refractivity contribution in [2.24, 2.45) is 11.7 Å². The van der Waals surface area contributed by atoms with Crippen molar-refractivity contribution in [3.05, 3.63) is 47.5 Å². The number of carbonyl (C=O) groups is 1. The topological polar surface area (TPSA) is 108 Å². The van der Waals surface area contributed by atoms with Crippen LogP contribution in [0.4, 0.5) is 29.2 Å². The minimum Gasteiger partial charge on any atom is -0.391 e. The average Bonchev–Trinajstić information content (AvgIpc) is 2.77. The van der Waals surface area contributed by atoms with E-state index in [0.717, 1.165) is 31.4 Å². The maximum Gasteiger partial charge on any atom is 0.416 e. The van der Waals surface area contributed by atoms with Gasteiger partial charge in [0.1, 0.15) is 6.33 Å². The number of likely N-dealkylation sites (tertiary alicyclic amines) is 1. The van der Waals surface area contributed by atoms with E-state index < -0.39 is 29.6 Å². The van der Waals surface area contributed by atoms with Crippen molar-refractivity contribution in [3.63, 3.8) is 0 Å². The smallest absolute Gasteiger partial charge is 0.391 e. The number of hydrogen-bond donors (Lipinski definition) is 3. The number of nitrogens with two attached hydrogens (primary N) is 1. The fraction of sp³-hybridized carbons (Fsp3) is 0.542. The standard InChI is InChI=1S/C24H30F4N6O2/c25-21-22(30-10-16-8-9-33(12-19(16)35)13-20(29)36)31-14-32-23(21)34(18-2-1-3-18)11-15-4-6-17(7-5-15)24(26,27)28/h4-7,14,16,18-19,35H,1-3,8-13H2,(H2,29,36)(H,30,31,32)/t16-,19+/m1/s1. The minimum atomic E-state index is -4.42. The molecule has 12 heteroatoms. The number of rotatable bonds is 9. The lowest BCUT2D eigenvalue weighted by Gasteiger charge is -2.39. The van der Waals surface area contributed by atoms with E-state index in [0.29, 0.717) is 25.1 Å². The van der Waals surface area contributed by atoms with Crippen LogP contribution in [0.2, 0.25) is 0 Å². The van der Waals surface area contributed by atoms with Crippen LogP contribution in [0.25, 0.3) is 0 Å². The quantitative estimate of drug-likeness (QED) is 0.446. The van der Waals surface area contributed by atoms with Crippen LogP contribution in [0.1, 0.15) is 36.8 Å². The van der Waals surface area contributed by atoms with Gasteiger partial charge in [-0.1, -0.05) is 12.1 Å². The summed E-state index contributed by atoms with van der Waals surface area (Å²) in [6, 6.07) is 4.88. The molecule has 2 aromatic rings. The molecule has 8 nitrogen and oxygen atoms in total. The highest BCUT2D eigenvalue weighted by Crippen LogP contribution is 2.34. The van der Waals surface area contributed by atoms with Gasteiger partial charge < -0.3 is 21.1 Å². The Morgan fingerprint density at radius 2 is 1.92 bits per heavy atom. The maximum absolute atomic E-state index is 15.5. The predicted octanol–water partition coefficient (Wildman–Crippen LogP) is 2.77. The van der Waals surface area contributed by atoms with Crippen molar-refractivity contribution >= 4 is 17.5 Å². The van der Waals surface area contributed by atoms with Crippen LogP contribution in [0.3, 0.4) is 0 Å². The summed E-state index contributed by atoms with van der Waals surface area (Å²) in [5.74, 6) is -1.17. The summed E-state index contributed by atoms with van der Waals surface area (Å²) in [6.07, 6.45) is -0.614. The molecule has 1 saturated carbocycles. The number of aliphatic hydroxyl groups excluding tert-OH is 1. The van der Waals surface area contributed by atoms with Crippen molar-refractivity contribution in [1.29, 1.82) is 0 Å². The van der Waals surface area contributed by atoms with Crippen LogP contribution in [0.15, 0.2) is 30.6 Å². The van der Waals surface area contributed by atoms with Gasteiger partial charge in [0.15, 0.2) is 11.6 Å². The van der Waals surface area contributed by atoms with Gasteiger partial charge in [-0.05, 0) is 49.9 Å². The molecule has 2 fully saturated rings. The fourth-order valence-corrected chi connectivity index (χ4v) is 4.63. The van der Waals surface area contributed by atoms with E-state index in [1.807, 2.05) is 0 Å². The summed E-state index contributed by atoms with van der Waals surface area (Å²) in [5.41, 5.74) is 5.11. The molecule has 196 valence electrons. The Kier molecular flexibility index (Phi) is 7.94. The first-order chi connectivity index (χ1) is 17.1.